The van der Waals surface area contributed by atoms with Crippen LogP contribution in [0.15, 0.2) is 6.20 Å². The average molecular weight is 160 g/mol. The number of ketones is 1. The van der Waals surface area contributed by atoms with Crippen molar-refractivity contribution in [3.05, 3.63) is 17.7 Å². The summed E-state index contributed by atoms with van der Waals surface area (Å²) in [6.45, 7) is 1.28. The molecule has 1 N–H and O–H groups in total. The number of hydrogen-bond acceptors (Lipinski definition) is 2. The van der Waals surface area contributed by atoms with Crippen molar-refractivity contribution in [3.63, 3.8) is 0 Å². The highest BCUT2D eigenvalue weighted by Gasteiger charge is 2.12. The summed E-state index contributed by atoms with van der Waals surface area (Å²) >= 11 is 0. The quantitative estimate of drug-likeness (QED) is 0.667. The molecule has 0 fully saturated rings. The average Bonchev–Trinajstić information content (AvgIpc) is 2.33. The number of rotatable bonds is 2. The number of nitrogens with one attached hydrogen (secondary N) is 1. The molecule has 0 radical (unpaired) electrons. The van der Waals surface area contributed by atoms with Crippen LogP contribution in [-0.2, 0) is 0 Å². The van der Waals surface area contributed by atoms with Crippen molar-refractivity contribution >= 4 is 5.78 Å². The van der Waals surface area contributed by atoms with Gasteiger partial charge in [-0.2, -0.15) is 0 Å². The van der Waals surface area contributed by atoms with Gasteiger partial charge in [0.2, 0.25) is 0 Å². The van der Waals surface area contributed by atoms with E-state index in [2.05, 4.69) is 9.97 Å². The van der Waals surface area contributed by atoms with Gasteiger partial charge in [0.25, 0.3) is 6.43 Å². The molecule has 60 valence electrons. The zero-order valence-corrected chi connectivity index (χ0v) is 5.77. The second-order valence-corrected chi connectivity index (χ2v) is 2.04. The van der Waals surface area contributed by atoms with Gasteiger partial charge in [-0.05, 0) is 0 Å². The molecule has 0 unspecified atom stereocenters. The number of hydrogen-bond donors (Lipinski definition) is 1. The Morgan fingerprint density at radius 1 is 1.73 bits per heavy atom. The van der Waals surface area contributed by atoms with Crippen LogP contribution in [0, 0.1) is 0 Å². The van der Waals surface area contributed by atoms with Crippen molar-refractivity contribution in [2.75, 3.05) is 0 Å². The first-order valence-corrected chi connectivity index (χ1v) is 2.95. The summed E-state index contributed by atoms with van der Waals surface area (Å²) < 4.78 is 23.7. The fourth-order valence-corrected chi connectivity index (χ4v) is 0.626. The molecule has 1 aromatic rings. The lowest BCUT2D eigenvalue weighted by molar-refractivity contribution is 0.101. The largest absolute Gasteiger partial charge is 0.335 e. The van der Waals surface area contributed by atoms with Crippen LogP contribution in [0.1, 0.15) is 29.7 Å². The highest BCUT2D eigenvalue weighted by molar-refractivity contribution is 5.91. The predicted molar refractivity (Wildman–Crippen MR) is 33.5 cm³/mol. The van der Waals surface area contributed by atoms with Crippen LogP contribution in [0.5, 0.6) is 0 Å². The molecule has 11 heavy (non-hydrogen) atoms. The topological polar surface area (TPSA) is 45.8 Å². The minimum Gasteiger partial charge on any atom is -0.335 e. The summed E-state index contributed by atoms with van der Waals surface area (Å²) in [6, 6.07) is 0. The first kappa shape index (κ1) is 7.84. The van der Waals surface area contributed by atoms with Crippen LogP contribution in [0.3, 0.4) is 0 Å². The van der Waals surface area contributed by atoms with Crippen LogP contribution in [0.25, 0.3) is 0 Å². The van der Waals surface area contributed by atoms with Gasteiger partial charge < -0.3 is 4.98 Å². The summed E-state index contributed by atoms with van der Waals surface area (Å²) in [5.74, 6) is -0.764. The lowest BCUT2D eigenvalue weighted by atomic mass is 10.3. The van der Waals surface area contributed by atoms with Crippen molar-refractivity contribution in [1.29, 1.82) is 0 Å². The molecule has 0 saturated carbocycles. The van der Waals surface area contributed by atoms with Crippen LogP contribution in [0.4, 0.5) is 8.78 Å². The van der Waals surface area contributed by atoms with Gasteiger partial charge >= 0.3 is 0 Å². The maximum absolute atomic E-state index is 11.8. The highest BCUT2D eigenvalue weighted by Crippen LogP contribution is 2.14. The van der Waals surface area contributed by atoms with Gasteiger partial charge in [-0.15, -0.1) is 0 Å². The van der Waals surface area contributed by atoms with Crippen molar-refractivity contribution in [2.45, 2.75) is 13.3 Å². The lowest BCUT2D eigenvalue weighted by Crippen LogP contribution is -1.92. The predicted octanol–water partition coefficient (Wildman–Crippen LogP) is 1.55. The number of carbonyl (C=O) groups is 1. The number of nitrogens with zero attached hydrogens (tertiary/aromatic N) is 1. The summed E-state index contributed by atoms with van der Waals surface area (Å²) in [7, 11) is 0. The number of H-pyrrole nitrogens is 1. The Hall–Kier alpha value is -1.26. The van der Waals surface area contributed by atoms with Gasteiger partial charge in [0, 0.05) is 6.92 Å². The molecule has 0 bridgehead atoms. The van der Waals surface area contributed by atoms with E-state index in [-0.39, 0.29) is 11.5 Å². The number of Topliss-reactive ketones (excluding diaryl/α,β-unsaturated/α-hetero) is 1. The Morgan fingerprint density at radius 2 is 2.36 bits per heavy atom. The van der Waals surface area contributed by atoms with Gasteiger partial charge in [0.1, 0.15) is 5.69 Å². The molecule has 0 aliphatic carbocycles. The number of carbonyl (C=O) groups excluding carboxylic acids is 1. The summed E-state index contributed by atoms with van der Waals surface area (Å²) in [6.07, 6.45) is -1.55. The second kappa shape index (κ2) is 2.77. The molecule has 0 aliphatic rings. The van der Waals surface area contributed by atoms with E-state index in [1.807, 2.05) is 0 Å². The summed E-state index contributed by atoms with van der Waals surface area (Å²) in [5, 5.41) is 0. The Labute approximate surface area is 61.4 Å². The molecule has 1 aromatic heterocycles. The van der Waals surface area contributed by atoms with Crippen LogP contribution in [0.2, 0.25) is 0 Å². The van der Waals surface area contributed by atoms with E-state index < -0.39 is 12.2 Å². The van der Waals surface area contributed by atoms with Gasteiger partial charge in [0.15, 0.2) is 11.6 Å². The van der Waals surface area contributed by atoms with Crippen LogP contribution >= 0.6 is 0 Å². The van der Waals surface area contributed by atoms with E-state index in [1.54, 1.807) is 0 Å². The molecule has 1 heterocycles. The fraction of sp³-hybridized carbons (Fsp3) is 0.333. The van der Waals surface area contributed by atoms with E-state index >= 15 is 0 Å². The van der Waals surface area contributed by atoms with Crippen molar-refractivity contribution < 1.29 is 13.6 Å². The second-order valence-electron chi connectivity index (χ2n) is 2.04. The van der Waals surface area contributed by atoms with E-state index in [4.69, 9.17) is 0 Å². The van der Waals surface area contributed by atoms with Gasteiger partial charge in [-0.3, -0.25) is 4.79 Å². The normalized spacial score (nSPS) is 10.5. The monoisotopic (exact) mass is 160 g/mol. The Morgan fingerprint density at radius 3 is 2.64 bits per heavy atom. The standard InChI is InChI=1S/C6H6F2N2O/c1-3(11)4-2-9-6(10-4)5(7)8/h2,5H,1H3,(H,9,10). The van der Waals surface area contributed by atoms with E-state index in [9.17, 15) is 13.6 Å². The molecule has 0 amide bonds. The Bertz CT molecular complexity index is 269. The SMILES string of the molecule is CC(=O)c1cnc(C(F)F)[nH]1. The highest BCUT2D eigenvalue weighted by atomic mass is 19.3. The zero-order valence-electron chi connectivity index (χ0n) is 5.77. The number of alkyl halides is 2. The van der Waals surface area contributed by atoms with Crippen molar-refractivity contribution in [2.24, 2.45) is 0 Å². The third-order valence-corrected chi connectivity index (χ3v) is 1.18. The molecule has 0 saturated heterocycles. The summed E-state index contributed by atoms with van der Waals surface area (Å²) in [4.78, 5) is 16.1. The minimum absolute atomic E-state index is 0.111. The van der Waals surface area contributed by atoms with Crippen LogP contribution in [-0.4, -0.2) is 15.8 Å². The number of halogens is 2. The third kappa shape index (κ3) is 1.60. The van der Waals surface area contributed by atoms with Crippen molar-refractivity contribution in [3.8, 4) is 0 Å². The first-order valence-electron chi connectivity index (χ1n) is 2.95. The molecular formula is C6H6F2N2O. The van der Waals surface area contributed by atoms with Gasteiger partial charge in [-0.25, -0.2) is 13.8 Å². The number of imidazole rings is 1. The van der Waals surface area contributed by atoms with Gasteiger partial charge in [-0.1, -0.05) is 0 Å². The van der Waals surface area contributed by atoms with E-state index in [0.29, 0.717) is 0 Å². The van der Waals surface area contributed by atoms with E-state index in [1.165, 1.54) is 6.92 Å². The number of aromatic amines is 1. The minimum atomic E-state index is -2.65. The van der Waals surface area contributed by atoms with E-state index in [0.717, 1.165) is 6.20 Å². The molecule has 1 rings (SSSR count). The molecule has 5 heteroatoms. The summed E-state index contributed by atoms with van der Waals surface area (Å²) in [5.41, 5.74) is 0.111. The Balaban J connectivity index is 2.90. The molecule has 0 spiro atoms. The van der Waals surface area contributed by atoms with Crippen molar-refractivity contribution in [1.82, 2.24) is 9.97 Å². The third-order valence-electron chi connectivity index (χ3n) is 1.18. The molecule has 0 atom stereocenters. The fourth-order valence-electron chi connectivity index (χ4n) is 0.626. The molecule has 3 nitrogen and oxygen atoms in total. The Kier molecular flexibility index (Phi) is 1.98. The van der Waals surface area contributed by atoms with Crippen LogP contribution < -0.4 is 0 Å². The smallest absolute Gasteiger partial charge is 0.295 e. The zero-order chi connectivity index (χ0) is 8.43. The first-order chi connectivity index (χ1) is 5.11. The molecule has 0 aromatic carbocycles. The maximum atomic E-state index is 11.8. The molecular weight excluding hydrogens is 154 g/mol. The lowest BCUT2D eigenvalue weighted by Gasteiger charge is -1.89. The maximum Gasteiger partial charge on any atom is 0.295 e. The van der Waals surface area contributed by atoms with Gasteiger partial charge in [0.05, 0.1) is 6.20 Å². The molecule has 0 aliphatic heterocycles. The number of aromatic nitrogens is 2.